The highest BCUT2D eigenvalue weighted by Crippen LogP contribution is 2.22. The molecule has 0 atom stereocenters. The van der Waals surface area contributed by atoms with Crippen LogP contribution in [0.1, 0.15) is 25.8 Å². The molecule has 0 N–H and O–H groups in total. The van der Waals surface area contributed by atoms with E-state index >= 15 is 0 Å². The van der Waals surface area contributed by atoms with E-state index in [1.54, 1.807) is 19.2 Å². The molecule has 2 nitrogen and oxygen atoms in total. The van der Waals surface area contributed by atoms with Crippen molar-refractivity contribution in [2.45, 2.75) is 26.7 Å². The SMILES string of the molecule is COCCOc1ccc(F)cc1CCC(C)C. The fraction of sp³-hybridized carbons (Fsp3) is 0.571. The van der Waals surface area contributed by atoms with Gasteiger partial charge in [-0.1, -0.05) is 13.8 Å². The monoisotopic (exact) mass is 240 g/mol. The third-order valence-corrected chi connectivity index (χ3v) is 2.56. The molecule has 0 spiro atoms. The summed E-state index contributed by atoms with van der Waals surface area (Å²) in [5.41, 5.74) is 0.940. The zero-order valence-corrected chi connectivity index (χ0v) is 10.8. The van der Waals surface area contributed by atoms with Crippen LogP contribution in [-0.4, -0.2) is 20.3 Å². The van der Waals surface area contributed by atoms with Crippen LogP contribution in [0.2, 0.25) is 0 Å². The summed E-state index contributed by atoms with van der Waals surface area (Å²) in [6.07, 6.45) is 1.88. The lowest BCUT2D eigenvalue weighted by atomic mass is 10.0. The van der Waals surface area contributed by atoms with Gasteiger partial charge in [0.05, 0.1) is 6.61 Å². The van der Waals surface area contributed by atoms with Crippen molar-refractivity contribution in [1.82, 2.24) is 0 Å². The summed E-state index contributed by atoms with van der Waals surface area (Å²) in [7, 11) is 1.63. The lowest BCUT2D eigenvalue weighted by Crippen LogP contribution is -2.06. The zero-order valence-electron chi connectivity index (χ0n) is 10.8. The normalized spacial score (nSPS) is 10.9. The lowest BCUT2D eigenvalue weighted by Gasteiger charge is -2.12. The van der Waals surface area contributed by atoms with E-state index in [4.69, 9.17) is 9.47 Å². The van der Waals surface area contributed by atoms with Crippen molar-refractivity contribution in [3.05, 3.63) is 29.6 Å². The fourth-order valence-electron chi connectivity index (χ4n) is 1.56. The Bertz CT molecular complexity index is 337. The maximum absolute atomic E-state index is 13.2. The van der Waals surface area contributed by atoms with Gasteiger partial charge >= 0.3 is 0 Å². The number of ether oxygens (including phenoxy) is 2. The van der Waals surface area contributed by atoms with Crippen LogP contribution in [0.15, 0.2) is 18.2 Å². The summed E-state index contributed by atoms with van der Waals surface area (Å²) in [6, 6.07) is 4.69. The molecule has 0 aliphatic heterocycles. The van der Waals surface area contributed by atoms with Crippen molar-refractivity contribution >= 4 is 0 Å². The second-order valence-electron chi connectivity index (χ2n) is 4.53. The third-order valence-electron chi connectivity index (χ3n) is 2.56. The van der Waals surface area contributed by atoms with Gasteiger partial charge in [-0.2, -0.15) is 0 Å². The van der Waals surface area contributed by atoms with Gasteiger partial charge in [-0.15, -0.1) is 0 Å². The minimum absolute atomic E-state index is 0.206. The summed E-state index contributed by atoms with van der Waals surface area (Å²) >= 11 is 0. The number of hydrogen-bond acceptors (Lipinski definition) is 2. The standard InChI is InChI=1S/C14H21FO2/c1-11(2)4-5-12-10-13(15)6-7-14(12)17-9-8-16-3/h6-7,10-11H,4-5,8-9H2,1-3H3. The molecule has 1 aromatic carbocycles. The molecule has 0 amide bonds. The first kappa shape index (κ1) is 14.0. The van der Waals surface area contributed by atoms with E-state index in [1.165, 1.54) is 6.07 Å². The van der Waals surface area contributed by atoms with Crippen molar-refractivity contribution in [2.24, 2.45) is 5.92 Å². The maximum Gasteiger partial charge on any atom is 0.123 e. The molecule has 0 aliphatic carbocycles. The predicted molar refractivity (Wildman–Crippen MR) is 66.9 cm³/mol. The number of aryl methyl sites for hydroxylation is 1. The number of methoxy groups -OCH3 is 1. The molecule has 0 aromatic heterocycles. The van der Waals surface area contributed by atoms with E-state index in [2.05, 4.69) is 13.8 Å². The largest absolute Gasteiger partial charge is 0.491 e. The van der Waals surface area contributed by atoms with Crippen LogP contribution in [0, 0.1) is 11.7 Å². The van der Waals surface area contributed by atoms with Gasteiger partial charge in [0.25, 0.3) is 0 Å². The Labute approximate surface area is 103 Å². The van der Waals surface area contributed by atoms with Crippen LogP contribution in [0.25, 0.3) is 0 Å². The van der Waals surface area contributed by atoms with Crippen LogP contribution in [-0.2, 0) is 11.2 Å². The second-order valence-corrected chi connectivity index (χ2v) is 4.53. The highest BCUT2D eigenvalue weighted by Gasteiger charge is 2.06. The first-order valence-corrected chi connectivity index (χ1v) is 6.03. The van der Waals surface area contributed by atoms with Crippen LogP contribution in [0.3, 0.4) is 0 Å². The highest BCUT2D eigenvalue weighted by molar-refractivity contribution is 5.34. The highest BCUT2D eigenvalue weighted by atomic mass is 19.1. The topological polar surface area (TPSA) is 18.5 Å². The molecular formula is C14H21FO2. The Morgan fingerprint density at radius 3 is 2.65 bits per heavy atom. The van der Waals surface area contributed by atoms with Crippen LogP contribution in [0.4, 0.5) is 4.39 Å². The molecule has 1 aromatic rings. The Morgan fingerprint density at radius 1 is 1.24 bits per heavy atom. The molecule has 0 unspecified atom stereocenters. The fourth-order valence-corrected chi connectivity index (χ4v) is 1.56. The molecule has 3 heteroatoms. The van der Waals surface area contributed by atoms with Crippen LogP contribution < -0.4 is 4.74 Å². The van der Waals surface area contributed by atoms with E-state index in [0.29, 0.717) is 19.1 Å². The smallest absolute Gasteiger partial charge is 0.123 e. The minimum atomic E-state index is -0.206. The van der Waals surface area contributed by atoms with E-state index in [0.717, 1.165) is 24.2 Å². The molecule has 1 rings (SSSR count). The Hall–Kier alpha value is -1.09. The molecule has 0 saturated heterocycles. The average molecular weight is 240 g/mol. The van der Waals surface area contributed by atoms with Crippen molar-refractivity contribution in [1.29, 1.82) is 0 Å². The Morgan fingerprint density at radius 2 is 2.00 bits per heavy atom. The van der Waals surface area contributed by atoms with Gasteiger partial charge in [0.15, 0.2) is 0 Å². The van der Waals surface area contributed by atoms with Gasteiger partial charge in [0.1, 0.15) is 18.2 Å². The molecule has 17 heavy (non-hydrogen) atoms. The van der Waals surface area contributed by atoms with Crippen molar-refractivity contribution in [2.75, 3.05) is 20.3 Å². The predicted octanol–water partition coefficient (Wildman–Crippen LogP) is 3.44. The van der Waals surface area contributed by atoms with Crippen LogP contribution >= 0.6 is 0 Å². The number of halogens is 1. The van der Waals surface area contributed by atoms with Gasteiger partial charge in [0, 0.05) is 7.11 Å². The summed E-state index contributed by atoms with van der Waals surface area (Å²) in [5.74, 6) is 1.16. The van der Waals surface area contributed by atoms with Gasteiger partial charge in [-0.3, -0.25) is 0 Å². The summed E-state index contributed by atoms with van der Waals surface area (Å²) in [5, 5.41) is 0. The molecule has 0 saturated carbocycles. The third kappa shape index (κ3) is 5.18. The Balaban J connectivity index is 2.66. The van der Waals surface area contributed by atoms with E-state index < -0.39 is 0 Å². The number of rotatable bonds is 7. The second kappa shape index (κ2) is 7.28. The van der Waals surface area contributed by atoms with Gasteiger partial charge in [-0.25, -0.2) is 4.39 Å². The number of benzene rings is 1. The molecule has 0 heterocycles. The van der Waals surface area contributed by atoms with Gasteiger partial charge in [-0.05, 0) is 42.5 Å². The van der Waals surface area contributed by atoms with Crippen molar-refractivity contribution in [3.63, 3.8) is 0 Å². The first-order valence-electron chi connectivity index (χ1n) is 6.03. The first-order chi connectivity index (χ1) is 8.13. The summed E-state index contributed by atoms with van der Waals surface area (Å²) in [6.45, 7) is 5.35. The quantitative estimate of drug-likeness (QED) is 0.680. The van der Waals surface area contributed by atoms with E-state index in [9.17, 15) is 4.39 Å². The van der Waals surface area contributed by atoms with Crippen molar-refractivity contribution in [3.8, 4) is 5.75 Å². The molecule has 0 fully saturated rings. The van der Waals surface area contributed by atoms with Crippen molar-refractivity contribution < 1.29 is 13.9 Å². The van der Waals surface area contributed by atoms with Gasteiger partial charge < -0.3 is 9.47 Å². The summed E-state index contributed by atoms with van der Waals surface area (Å²) in [4.78, 5) is 0. The zero-order chi connectivity index (χ0) is 12.7. The molecule has 0 radical (unpaired) electrons. The summed E-state index contributed by atoms with van der Waals surface area (Å²) < 4.78 is 23.7. The molecular weight excluding hydrogens is 219 g/mol. The lowest BCUT2D eigenvalue weighted by molar-refractivity contribution is 0.145. The Kier molecular flexibility index (Phi) is 5.98. The number of hydrogen-bond donors (Lipinski definition) is 0. The maximum atomic E-state index is 13.2. The molecule has 0 aliphatic rings. The average Bonchev–Trinajstić information content (AvgIpc) is 2.29. The van der Waals surface area contributed by atoms with Crippen LogP contribution in [0.5, 0.6) is 5.75 Å². The molecule has 0 bridgehead atoms. The van der Waals surface area contributed by atoms with E-state index in [-0.39, 0.29) is 5.82 Å². The minimum Gasteiger partial charge on any atom is -0.491 e. The molecule has 96 valence electrons. The van der Waals surface area contributed by atoms with Gasteiger partial charge in [0.2, 0.25) is 0 Å². The van der Waals surface area contributed by atoms with E-state index in [1.807, 2.05) is 0 Å².